The highest BCUT2D eigenvalue weighted by atomic mass is 16.4. The maximum absolute atomic E-state index is 11.8. The van der Waals surface area contributed by atoms with Crippen LogP contribution in [0.15, 0.2) is 57.7 Å². The van der Waals surface area contributed by atoms with Gasteiger partial charge in [0.05, 0.1) is 17.6 Å². The average Bonchev–Trinajstić information content (AvgIpc) is 2.76. The molecular formula is C15H11NO4. The van der Waals surface area contributed by atoms with Gasteiger partial charge in [0, 0.05) is 0 Å². The van der Waals surface area contributed by atoms with Crippen LogP contribution in [0.25, 0.3) is 11.1 Å². The van der Waals surface area contributed by atoms with E-state index in [9.17, 15) is 9.59 Å². The zero-order chi connectivity index (χ0) is 14.1. The number of aromatic nitrogens is 1. The maximum Gasteiger partial charge on any atom is 0.420 e. The van der Waals surface area contributed by atoms with Gasteiger partial charge in [0.15, 0.2) is 5.58 Å². The second-order valence-corrected chi connectivity index (χ2v) is 4.42. The highest BCUT2D eigenvalue weighted by Crippen LogP contribution is 2.14. The van der Waals surface area contributed by atoms with Crippen molar-refractivity contribution >= 4 is 17.1 Å². The monoisotopic (exact) mass is 269 g/mol. The summed E-state index contributed by atoms with van der Waals surface area (Å²) in [5, 5.41) is 8.85. The lowest BCUT2D eigenvalue weighted by molar-refractivity contribution is 0.0697. The van der Waals surface area contributed by atoms with Crippen LogP contribution in [0.5, 0.6) is 0 Å². The Balaban J connectivity index is 1.99. The molecule has 0 fully saturated rings. The molecule has 1 heterocycles. The fourth-order valence-electron chi connectivity index (χ4n) is 2.10. The van der Waals surface area contributed by atoms with Crippen LogP contribution in [-0.2, 0) is 6.54 Å². The third-order valence-electron chi connectivity index (χ3n) is 3.12. The van der Waals surface area contributed by atoms with Crippen molar-refractivity contribution in [1.82, 2.24) is 4.57 Å². The summed E-state index contributed by atoms with van der Waals surface area (Å²) in [6.07, 6.45) is 0. The molecule has 5 heteroatoms. The number of hydrogen-bond acceptors (Lipinski definition) is 3. The van der Waals surface area contributed by atoms with Gasteiger partial charge in [-0.3, -0.25) is 4.57 Å². The number of oxazole rings is 1. The van der Waals surface area contributed by atoms with Crippen molar-refractivity contribution in [3.05, 3.63) is 70.2 Å². The molecule has 0 radical (unpaired) electrons. The lowest BCUT2D eigenvalue weighted by Crippen LogP contribution is -2.14. The van der Waals surface area contributed by atoms with Crippen LogP contribution >= 0.6 is 0 Å². The Bertz CT molecular complexity index is 827. The first kappa shape index (κ1) is 12.2. The number of rotatable bonds is 3. The minimum Gasteiger partial charge on any atom is -0.478 e. The minimum atomic E-state index is -0.970. The van der Waals surface area contributed by atoms with Gasteiger partial charge in [0.25, 0.3) is 0 Å². The molecule has 20 heavy (non-hydrogen) atoms. The van der Waals surface area contributed by atoms with Gasteiger partial charge >= 0.3 is 11.7 Å². The van der Waals surface area contributed by atoms with Gasteiger partial charge in [0.2, 0.25) is 0 Å². The van der Waals surface area contributed by atoms with Crippen molar-refractivity contribution in [3.63, 3.8) is 0 Å². The SMILES string of the molecule is O=C(O)c1ccc(Cn2c(=O)oc3ccccc32)cc1. The van der Waals surface area contributed by atoms with E-state index in [0.29, 0.717) is 12.1 Å². The van der Waals surface area contributed by atoms with E-state index in [1.807, 2.05) is 12.1 Å². The average molecular weight is 269 g/mol. The smallest absolute Gasteiger partial charge is 0.420 e. The van der Waals surface area contributed by atoms with Crippen molar-refractivity contribution in [3.8, 4) is 0 Å². The zero-order valence-electron chi connectivity index (χ0n) is 10.4. The Kier molecular flexibility index (Phi) is 2.87. The molecule has 0 aliphatic rings. The summed E-state index contributed by atoms with van der Waals surface area (Å²) in [5.41, 5.74) is 2.32. The highest BCUT2D eigenvalue weighted by molar-refractivity contribution is 5.87. The molecule has 0 saturated heterocycles. The number of aromatic carboxylic acids is 1. The van der Waals surface area contributed by atoms with E-state index < -0.39 is 11.7 Å². The Hall–Kier alpha value is -2.82. The lowest BCUT2D eigenvalue weighted by Gasteiger charge is -2.03. The molecule has 0 bridgehead atoms. The summed E-state index contributed by atoms with van der Waals surface area (Å²) in [6.45, 7) is 0.343. The van der Waals surface area contributed by atoms with Gasteiger partial charge in [-0.15, -0.1) is 0 Å². The fourth-order valence-corrected chi connectivity index (χ4v) is 2.10. The second-order valence-electron chi connectivity index (χ2n) is 4.42. The van der Waals surface area contributed by atoms with Crippen molar-refractivity contribution in [2.24, 2.45) is 0 Å². The third-order valence-corrected chi connectivity index (χ3v) is 3.12. The van der Waals surface area contributed by atoms with Crippen molar-refractivity contribution < 1.29 is 14.3 Å². The van der Waals surface area contributed by atoms with Gasteiger partial charge in [-0.25, -0.2) is 9.59 Å². The Labute approximate surface area is 113 Å². The van der Waals surface area contributed by atoms with E-state index >= 15 is 0 Å². The van der Waals surface area contributed by atoms with Gasteiger partial charge in [-0.05, 0) is 29.8 Å². The van der Waals surface area contributed by atoms with E-state index in [-0.39, 0.29) is 5.56 Å². The number of carboxylic acids is 1. The van der Waals surface area contributed by atoms with Crippen molar-refractivity contribution in [2.75, 3.05) is 0 Å². The quantitative estimate of drug-likeness (QED) is 0.792. The Morgan fingerprint density at radius 1 is 1.10 bits per heavy atom. The predicted molar refractivity (Wildman–Crippen MR) is 73.0 cm³/mol. The molecule has 1 N–H and O–H groups in total. The maximum atomic E-state index is 11.8. The summed E-state index contributed by atoms with van der Waals surface area (Å²) in [5.74, 6) is -1.39. The number of hydrogen-bond donors (Lipinski definition) is 1. The molecule has 0 aliphatic heterocycles. The molecule has 0 saturated carbocycles. The van der Waals surface area contributed by atoms with Gasteiger partial charge in [-0.1, -0.05) is 24.3 Å². The summed E-state index contributed by atoms with van der Waals surface area (Å²) in [7, 11) is 0. The van der Waals surface area contributed by atoms with Crippen LogP contribution in [0, 0.1) is 0 Å². The molecule has 0 spiro atoms. The van der Waals surface area contributed by atoms with Crippen molar-refractivity contribution in [2.45, 2.75) is 6.54 Å². The number of carbonyl (C=O) groups is 1. The Morgan fingerprint density at radius 2 is 1.80 bits per heavy atom. The van der Waals surface area contributed by atoms with E-state index in [4.69, 9.17) is 9.52 Å². The molecule has 0 unspecified atom stereocenters. The zero-order valence-corrected chi connectivity index (χ0v) is 10.4. The topological polar surface area (TPSA) is 72.4 Å². The first-order valence-electron chi connectivity index (χ1n) is 6.06. The number of fused-ring (bicyclic) bond motifs is 1. The van der Waals surface area contributed by atoms with Gasteiger partial charge in [-0.2, -0.15) is 0 Å². The van der Waals surface area contributed by atoms with Crippen LogP contribution in [-0.4, -0.2) is 15.6 Å². The number of nitrogens with zero attached hydrogens (tertiary/aromatic N) is 1. The molecule has 0 atom stereocenters. The fraction of sp³-hybridized carbons (Fsp3) is 0.0667. The molecule has 0 amide bonds. The standard InChI is InChI=1S/C15H11NO4/c17-14(18)11-7-5-10(6-8-11)9-16-12-3-1-2-4-13(12)20-15(16)19/h1-8H,9H2,(H,17,18). The van der Waals surface area contributed by atoms with Crippen LogP contribution in [0.1, 0.15) is 15.9 Å². The van der Waals surface area contributed by atoms with Crippen LogP contribution in [0.2, 0.25) is 0 Å². The highest BCUT2D eigenvalue weighted by Gasteiger charge is 2.09. The first-order chi connectivity index (χ1) is 9.65. The largest absolute Gasteiger partial charge is 0.478 e. The molecular weight excluding hydrogens is 258 g/mol. The molecule has 1 aromatic heterocycles. The van der Waals surface area contributed by atoms with Gasteiger partial charge in [0.1, 0.15) is 0 Å². The molecule has 0 aliphatic carbocycles. The van der Waals surface area contributed by atoms with Crippen LogP contribution in [0.3, 0.4) is 0 Å². The minimum absolute atomic E-state index is 0.221. The third kappa shape index (κ3) is 2.09. The lowest BCUT2D eigenvalue weighted by atomic mass is 10.1. The molecule has 2 aromatic carbocycles. The van der Waals surface area contributed by atoms with Crippen LogP contribution in [0.4, 0.5) is 0 Å². The number of para-hydroxylation sites is 2. The molecule has 100 valence electrons. The molecule has 5 nitrogen and oxygen atoms in total. The predicted octanol–water partition coefficient (Wildman–Crippen LogP) is 2.34. The van der Waals surface area contributed by atoms with Crippen molar-refractivity contribution in [1.29, 1.82) is 0 Å². The normalized spacial score (nSPS) is 10.8. The first-order valence-corrected chi connectivity index (χ1v) is 6.06. The van der Waals surface area contributed by atoms with E-state index in [1.54, 1.807) is 24.3 Å². The number of benzene rings is 2. The van der Waals surface area contributed by atoms with E-state index in [0.717, 1.165) is 11.1 Å². The number of carboxylic acid groups (broad SMARTS) is 1. The Morgan fingerprint density at radius 3 is 2.50 bits per heavy atom. The summed E-state index contributed by atoms with van der Waals surface area (Å²) < 4.78 is 6.67. The van der Waals surface area contributed by atoms with Crippen LogP contribution < -0.4 is 5.76 Å². The second kappa shape index (κ2) is 4.70. The van der Waals surface area contributed by atoms with E-state index in [1.165, 1.54) is 16.7 Å². The summed E-state index contributed by atoms with van der Waals surface area (Å²) >= 11 is 0. The summed E-state index contributed by atoms with van der Waals surface area (Å²) in [6, 6.07) is 13.6. The van der Waals surface area contributed by atoms with E-state index in [2.05, 4.69) is 0 Å². The van der Waals surface area contributed by atoms with Gasteiger partial charge < -0.3 is 9.52 Å². The molecule has 3 rings (SSSR count). The summed E-state index contributed by atoms with van der Waals surface area (Å²) in [4.78, 5) is 22.6. The molecule has 3 aromatic rings.